The van der Waals surface area contributed by atoms with Crippen molar-refractivity contribution in [2.45, 2.75) is 13.3 Å². The van der Waals surface area contributed by atoms with Crippen LogP contribution in [-0.2, 0) is 4.79 Å². The number of rotatable bonds is 1. The topological polar surface area (TPSA) is 84.9 Å². The van der Waals surface area contributed by atoms with E-state index in [4.69, 9.17) is 15.9 Å². The Morgan fingerprint density at radius 1 is 1.71 bits per heavy atom. The van der Waals surface area contributed by atoms with Gasteiger partial charge >= 0.3 is 5.97 Å². The number of nitrogens with zero attached hydrogens (tertiary/aromatic N) is 2. The molecule has 0 aromatic rings. The van der Waals surface area contributed by atoms with Crippen LogP contribution >= 0.6 is 0 Å². The lowest BCUT2D eigenvalue weighted by atomic mass is 10.5. The molecule has 0 aliphatic heterocycles. The Morgan fingerprint density at radius 2 is 1.86 bits per heavy atom. The molecule has 0 heterocycles. The molecule has 40 valence electrons. The summed E-state index contributed by atoms with van der Waals surface area (Å²) < 4.78 is 0. The second-order valence-corrected chi connectivity index (χ2v) is 0.747. The van der Waals surface area contributed by atoms with Gasteiger partial charge in [0, 0.05) is 17.2 Å². The van der Waals surface area contributed by atoms with E-state index in [1.807, 2.05) is 0 Å². The minimum atomic E-state index is -0.745. The Kier molecular flexibility index (Phi) is 11.8. The minimum absolute atomic E-state index is 0.222. The van der Waals surface area contributed by atoms with Crippen LogP contribution in [0.3, 0.4) is 0 Å². The van der Waals surface area contributed by atoms with Gasteiger partial charge in [-0.3, -0.25) is 4.79 Å². The van der Waals surface area contributed by atoms with Crippen molar-refractivity contribution < 1.29 is 9.90 Å². The van der Waals surface area contributed by atoms with Gasteiger partial charge in [0.2, 0.25) is 0 Å². The maximum Gasteiger partial charge on any atom is 0.303 e. The molecule has 0 saturated carbocycles. The molecule has 0 unspecified atom stereocenters. The van der Waals surface area contributed by atoms with Crippen molar-refractivity contribution in [2.75, 3.05) is 0 Å². The first-order valence-corrected chi connectivity index (χ1v) is 1.69. The summed E-state index contributed by atoms with van der Waals surface area (Å²) in [6.45, 7) is 1.60. The van der Waals surface area contributed by atoms with Crippen LogP contribution in [0.1, 0.15) is 13.3 Å². The van der Waals surface area contributed by atoms with Crippen LogP contribution in [0.2, 0.25) is 0 Å². The molecule has 0 amide bonds. The van der Waals surface area contributed by atoms with E-state index < -0.39 is 5.97 Å². The highest BCUT2D eigenvalue weighted by atomic mass is 16.4. The number of aliphatic carboxylic acids is 1. The van der Waals surface area contributed by atoms with E-state index in [1.165, 1.54) is 0 Å². The maximum absolute atomic E-state index is 9.37. The quantitative estimate of drug-likeness (QED) is 0.489. The number of carboxylic acids is 1. The fourth-order valence-corrected chi connectivity index (χ4v) is 0. The highest BCUT2D eigenvalue weighted by molar-refractivity contribution is 5.66. The molecule has 0 atom stereocenters. The Balaban J connectivity index is 0. The van der Waals surface area contributed by atoms with Gasteiger partial charge in [-0.25, -0.2) is 0 Å². The van der Waals surface area contributed by atoms with E-state index in [0.29, 0.717) is 0 Å². The van der Waals surface area contributed by atoms with Crippen molar-refractivity contribution in [3.63, 3.8) is 0 Å². The van der Waals surface area contributed by atoms with E-state index in [1.54, 1.807) is 6.92 Å². The van der Waals surface area contributed by atoms with Crippen molar-refractivity contribution in [1.29, 1.82) is 10.8 Å². The van der Waals surface area contributed by atoms with Crippen LogP contribution in [0.15, 0.2) is 0 Å². The highest BCUT2D eigenvalue weighted by Gasteiger charge is 1.80. The summed E-state index contributed by atoms with van der Waals surface area (Å²) >= 11 is 0. The zero-order valence-corrected chi connectivity index (χ0v) is 3.96. The molecule has 0 spiro atoms. The molecule has 0 aliphatic carbocycles. The Labute approximate surface area is 41.2 Å². The van der Waals surface area contributed by atoms with Crippen molar-refractivity contribution in [3.05, 3.63) is 0 Å². The van der Waals surface area contributed by atoms with Crippen LogP contribution in [0, 0.1) is 10.8 Å². The summed E-state index contributed by atoms with van der Waals surface area (Å²) in [5.41, 5.74) is 0. The average Bonchev–Trinajstić information content (AvgIpc) is 1.73. The predicted octanol–water partition coefficient (Wildman–Crippen LogP) is 0.511. The number of carboxylic acid groups (broad SMARTS) is 1. The summed E-state index contributed by atoms with van der Waals surface area (Å²) in [5.74, 6) is -0.745. The van der Waals surface area contributed by atoms with Crippen molar-refractivity contribution in [1.82, 2.24) is 0 Å². The van der Waals surface area contributed by atoms with E-state index in [-0.39, 0.29) is 6.42 Å². The van der Waals surface area contributed by atoms with E-state index >= 15 is 0 Å². The molecule has 0 aromatic carbocycles. The standard InChI is InChI=1S/C3H6O2.N2/c1-2-3(4)5;1-2/h2H2,1H3,(H,4,5);. The lowest BCUT2D eigenvalue weighted by Gasteiger charge is -1.71. The van der Waals surface area contributed by atoms with Crippen LogP contribution in [0.25, 0.3) is 0 Å². The largest absolute Gasteiger partial charge is 0.481 e. The van der Waals surface area contributed by atoms with Gasteiger partial charge in [0.05, 0.1) is 0 Å². The van der Waals surface area contributed by atoms with Crippen molar-refractivity contribution in [2.24, 2.45) is 0 Å². The van der Waals surface area contributed by atoms with Crippen LogP contribution < -0.4 is 0 Å². The normalized spacial score (nSPS) is 5.57. The molecule has 4 nitrogen and oxygen atoms in total. The number of carbonyl (C=O) groups is 1. The molecular formula is C3H6N2O2. The van der Waals surface area contributed by atoms with Gasteiger partial charge in [0.1, 0.15) is 0 Å². The van der Waals surface area contributed by atoms with Crippen LogP contribution in [0.4, 0.5) is 0 Å². The lowest BCUT2D eigenvalue weighted by molar-refractivity contribution is -0.136. The van der Waals surface area contributed by atoms with E-state index in [9.17, 15) is 4.79 Å². The van der Waals surface area contributed by atoms with Crippen molar-refractivity contribution >= 4 is 5.97 Å². The third kappa shape index (κ3) is 51.6. The first-order valence-electron chi connectivity index (χ1n) is 1.69. The summed E-state index contributed by atoms with van der Waals surface area (Å²) in [6.07, 6.45) is 0.222. The second kappa shape index (κ2) is 8.86. The third-order valence-corrected chi connectivity index (χ3v) is 0.302. The number of hydrogen-bond donors (Lipinski definition) is 1. The molecule has 0 saturated heterocycles. The van der Waals surface area contributed by atoms with Gasteiger partial charge in [-0.1, -0.05) is 6.92 Å². The monoisotopic (exact) mass is 102 g/mol. The first kappa shape index (κ1) is 9.31. The van der Waals surface area contributed by atoms with E-state index in [2.05, 4.69) is 0 Å². The average molecular weight is 102 g/mol. The molecule has 0 rings (SSSR count). The molecular weight excluding hydrogens is 96.0 g/mol. The van der Waals surface area contributed by atoms with Crippen LogP contribution in [-0.4, -0.2) is 11.1 Å². The van der Waals surface area contributed by atoms with Gasteiger partial charge < -0.3 is 5.11 Å². The van der Waals surface area contributed by atoms with Gasteiger partial charge in [0.15, 0.2) is 0 Å². The van der Waals surface area contributed by atoms with E-state index in [0.717, 1.165) is 0 Å². The van der Waals surface area contributed by atoms with Crippen molar-refractivity contribution in [3.8, 4) is 0 Å². The first-order chi connectivity index (χ1) is 3.27. The summed E-state index contributed by atoms with van der Waals surface area (Å²) in [4.78, 5) is 9.37. The second-order valence-electron chi connectivity index (χ2n) is 0.747. The zero-order valence-electron chi connectivity index (χ0n) is 3.96. The molecule has 0 radical (unpaired) electrons. The molecule has 1 N–H and O–H groups in total. The van der Waals surface area contributed by atoms with Gasteiger partial charge in [-0.2, -0.15) is 0 Å². The maximum atomic E-state index is 9.37. The third-order valence-electron chi connectivity index (χ3n) is 0.302. The Hall–Kier alpha value is -1.11. The Bertz CT molecular complexity index is 68.6. The number of hydrogen-bond acceptors (Lipinski definition) is 3. The highest BCUT2D eigenvalue weighted by Crippen LogP contribution is 1.67. The molecule has 4 heteroatoms. The van der Waals surface area contributed by atoms with Gasteiger partial charge in [-0.05, 0) is 0 Å². The predicted molar refractivity (Wildman–Crippen MR) is 21.4 cm³/mol. The van der Waals surface area contributed by atoms with Gasteiger partial charge in [0.25, 0.3) is 0 Å². The Morgan fingerprint density at radius 3 is 1.86 bits per heavy atom. The summed E-state index contributed by atoms with van der Waals surface area (Å²) in [6, 6.07) is 0. The fourth-order valence-electron chi connectivity index (χ4n) is 0. The lowest BCUT2D eigenvalue weighted by Crippen LogP contribution is -1.86. The fraction of sp³-hybridized carbons (Fsp3) is 0.667. The molecule has 0 bridgehead atoms. The molecule has 0 aromatic heterocycles. The van der Waals surface area contributed by atoms with Gasteiger partial charge in [-0.15, -0.1) is 0 Å². The summed E-state index contributed by atoms with van der Waals surface area (Å²) in [7, 11) is 0. The SMILES string of the molecule is CCC(=O)O.N#N. The minimum Gasteiger partial charge on any atom is -0.481 e. The molecule has 0 aliphatic rings. The zero-order chi connectivity index (χ0) is 6.28. The molecule has 7 heavy (non-hydrogen) atoms. The summed E-state index contributed by atoms with van der Waals surface area (Å²) in [5, 5.41) is 19.7. The molecule has 0 fully saturated rings. The smallest absolute Gasteiger partial charge is 0.303 e. The van der Waals surface area contributed by atoms with Crippen LogP contribution in [0.5, 0.6) is 0 Å².